The van der Waals surface area contributed by atoms with E-state index in [1.807, 2.05) is 91.0 Å². The predicted molar refractivity (Wildman–Crippen MR) is 133 cm³/mol. The average molecular weight is 469 g/mol. The number of hydrogen-bond acceptors (Lipinski definition) is 4. The van der Waals surface area contributed by atoms with Gasteiger partial charge in [0.05, 0.1) is 6.67 Å². The van der Waals surface area contributed by atoms with Crippen LogP contribution in [-0.4, -0.2) is 47.4 Å². The number of benzene rings is 3. The Kier molecular flexibility index (Phi) is 6.33. The van der Waals surface area contributed by atoms with E-state index in [4.69, 9.17) is 0 Å². The lowest BCUT2D eigenvalue weighted by Gasteiger charge is -2.33. The molecule has 0 unspecified atom stereocenters. The van der Waals surface area contributed by atoms with Crippen LogP contribution in [0.5, 0.6) is 0 Å². The van der Waals surface area contributed by atoms with Crippen LogP contribution in [0.15, 0.2) is 91.0 Å². The highest BCUT2D eigenvalue weighted by Crippen LogP contribution is 2.36. The molecule has 35 heavy (non-hydrogen) atoms. The third-order valence-corrected chi connectivity index (χ3v) is 6.86. The standard InChI is InChI=1S/C28H28N4O3/c33-25(29-24-14-8-3-9-15-24)21-16-18-31(19-17-21)20-32-26(34)28(30-27(32)35,22-10-4-1-5-11-22)23-12-6-2-7-13-23/h1-15,21H,16-20H2,(H,29,33)(H,30,35). The molecule has 2 heterocycles. The first kappa shape index (κ1) is 22.8. The average Bonchev–Trinajstić information content (AvgIpc) is 3.16. The molecule has 2 N–H and O–H groups in total. The fourth-order valence-electron chi connectivity index (χ4n) is 4.94. The van der Waals surface area contributed by atoms with Crippen LogP contribution in [-0.2, 0) is 15.1 Å². The van der Waals surface area contributed by atoms with Gasteiger partial charge in [-0.25, -0.2) is 9.69 Å². The second-order valence-electron chi connectivity index (χ2n) is 9.03. The number of hydrogen-bond donors (Lipinski definition) is 2. The Morgan fingerprint density at radius 1 is 0.829 bits per heavy atom. The first-order chi connectivity index (χ1) is 17.1. The molecule has 7 heteroatoms. The van der Waals surface area contributed by atoms with Crippen LogP contribution in [0.2, 0.25) is 0 Å². The van der Waals surface area contributed by atoms with Gasteiger partial charge in [0.1, 0.15) is 0 Å². The van der Waals surface area contributed by atoms with E-state index in [0.29, 0.717) is 25.9 Å². The highest BCUT2D eigenvalue weighted by Gasteiger charge is 2.54. The third-order valence-electron chi connectivity index (χ3n) is 6.86. The smallest absolute Gasteiger partial charge is 0.326 e. The Morgan fingerprint density at radius 2 is 1.34 bits per heavy atom. The van der Waals surface area contributed by atoms with Gasteiger partial charge in [0.15, 0.2) is 5.54 Å². The summed E-state index contributed by atoms with van der Waals surface area (Å²) in [6.07, 6.45) is 1.34. The highest BCUT2D eigenvalue weighted by atomic mass is 16.2. The molecule has 0 spiro atoms. The third kappa shape index (κ3) is 4.42. The summed E-state index contributed by atoms with van der Waals surface area (Å²) in [5.41, 5.74) is 0.983. The molecule has 0 aromatic heterocycles. The Balaban J connectivity index is 1.28. The second kappa shape index (κ2) is 9.72. The normalized spacial score (nSPS) is 18.3. The number of rotatable bonds is 6. The number of para-hydroxylation sites is 1. The van der Waals surface area contributed by atoms with Gasteiger partial charge in [-0.1, -0.05) is 78.9 Å². The molecule has 2 aliphatic rings. The number of carbonyl (C=O) groups excluding carboxylic acids is 3. The molecular formula is C28H28N4O3. The zero-order valence-electron chi connectivity index (χ0n) is 19.4. The minimum absolute atomic E-state index is 0.0121. The van der Waals surface area contributed by atoms with Crippen molar-refractivity contribution in [3.05, 3.63) is 102 Å². The molecule has 2 aliphatic heterocycles. The van der Waals surface area contributed by atoms with Crippen molar-refractivity contribution in [3.8, 4) is 0 Å². The zero-order valence-corrected chi connectivity index (χ0v) is 19.4. The van der Waals surface area contributed by atoms with Crippen LogP contribution in [0.3, 0.4) is 0 Å². The topological polar surface area (TPSA) is 81.8 Å². The van der Waals surface area contributed by atoms with E-state index in [2.05, 4.69) is 15.5 Å². The van der Waals surface area contributed by atoms with Crippen LogP contribution < -0.4 is 10.6 Å². The monoisotopic (exact) mass is 468 g/mol. The number of likely N-dealkylation sites (tertiary alicyclic amines) is 1. The molecule has 0 bridgehead atoms. The summed E-state index contributed by atoms with van der Waals surface area (Å²) in [7, 11) is 0. The molecule has 0 saturated carbocycles. The van der Waals surface area contributed by atoms with Crippen molar-refractivity contribution in [2.45, 2.75) is 18.4 Å². The van der Waals surface area contributed by atoms with Gasteiger partial charge in [-0.3, -0.25) is 14.5 Å². The summed E-state index contributed by atoms with van der Waals surface area (Å²) in [5, 5.41) is 5.97. The number of imide groups is 1. The first-order valence-electron chi connectivity index (χ1n) is 11.9. The zero-order chi connectivity index (χ0) is 24.3. The molecule has 2 fully saturated rings. The molecule has 7 nitrogen and oxygen atoms in total. The van der Waals surface area contributed by atoms with Crippen molar-refractivity contribution in [1.29, 1.82) is 0 Å². The Morgan fingerprint density at radius 3 is 1.89 bits per heavy atom. The van der Waals surface area contributed by atoms with Crippen molar-refractivity contribution in [2.75, 3.05) is 25.1 Å². The quantitative estimate of drug-likeness (QED) is 0.540. The van der Waals surface area contributed by atoms with Gasteiger partial charge in [-0.2, -0.15) is 0 Å². The van der Waals surface area contributed by atoms with Crippen molar-refractivity contribution in [2.24, 2.45) is 5.92 Å². The van der Waals surface area contributed by atoms with Crippen molar-refractivity contribution in [1.82, 2.24) is 15.1 Å². The van der Waals surface area contributed by atoms with Crippen molar-refractivity contribution < 1.29 is 14.4 Å². The van der Waals surface area contributed by atoms with E-state index in [9.17, 15) is 14.4 Å². The van der Waals surface area contributed by atoms with Crippen molar-refractivity contribution >= 4 is 23.5 Å². The minimum atomic E-state index is -1.26. The summed E-state index contributed by atoms with van der Waals surface area (Å²) < 4.78 is 0. The molecule has 178 valence electrons. The van der Waals surface area contributed by atoms with Gasteiger partial charge < -0.3 is 10.6 Å². The lowest BCUT2D eigenvalue weighted by atomic mass is 9.83. The van der Waals surface area contributed by atoms with Gasteiger partial charge in [-0.15, -0.1) is 0 Å². The SMILES string of the molecule is O=C(Nc1ccccc1)C1CCN(CN2C(=O)NC(c3ccccc3)(c3ccccc3)C2=O)CC1. The van der Waals surface area contributed by atoms with Gasteiger partial charge in [0.2, 0.25) is 5.91 Å². The van der Waals surface area contributed by atoms with Gasteiger partial charge in [0.25, 0.3) is 5.91 Å². The molecule has 3 aromatic carbocycles. The molecule has 0 atom stereocenters. The van der Waals surface area contributed by atoms with Gasteiger partial charge in [0, 0.05) is 24.7 Å². The number of nitrogens with zero attached hydrogens (tertiary/aromatic N) is 2. The number of amides is 4. The van der Waals surface area contributed by atoms with E-state index < -0.39 is 11.6 Å². The lowest BCUT2D eigenvalue weighted by Crippen LogP contribution is -2.48. The van der Waals surface area contributed by atoms with E-state index >= 15 is 0 Å². The number of carbonyl (C=O) groups is 3. The number of anilines is 1. The Hall–Kier alpha value is -3.97. The largest absolute Gasteiger partial charge is 0.326 e. The predicted octanol–water partition coefficient (Wildman–Crippen LogP) is 3.79. The maximum absolute atomic E-state index is 13.8. The summed E-state index contributed by atoms with van der Waals surface area (Å²) >= 11 is 0. The van der Waals surface area contributed by atoms with Crippen LogP contribution in [0, 0.1) is 5.92 Å². The molecular weight excluding hydrogens is 440 g/mol. The Labute approximate surface area is 204 Å². The number of nitrogens with one attached hydrogen (secondary N) is 2. The van der Waals surface area contributed by atoms with E-state index in [0.717, 1.165) is 16.8 Å². The molecule has 0 aliphatic carbocycles. The van der Waals surface area contributed by atoms with Gasteiger partial charge in [-0.05, 0) is 36.1 Å². The second-order valence-corrected chi connectivity index (χ2v) is 9.03. The number of piperidine rings is 1. The fraction of sp³-hybridized carbons (Fsp3) is 0.250. The first-order valence-corrected chi connectivity index (χ1v) is 11.9. The lowest BCUT2D eigenvalue weighted by molar-refractivity contribution is -0.132. The molecule has 4 amide bonds. The molecule has 0 radical (unpaired) electrons. The summed E-state index contributed by atoms with van der Waals surface area (Å²) in [4.78, 5) is 43.0. The van der Waals surface area contributed by atoms with Gasteiger partial charge >= 0.3 is 6.03 Å². The van der Waals surface area contributed by atoms with Crippen LogP contribution in [0.25, 0.3) is 0 Å². The maximum atomic E-state index is 13.8. The van der Waals surface area contributed by atoms with Crippen LogP contribution >= 0.6 is 0 Å². The molecule has 3 aromatic rings. The van der Waals surface area contributed by atoms with E-state index in [1.165, 1.54) is 4.90 Å². The maximum Gasteiger partial charge on any atom is 0.326 e. The molecule has 5 rings (SSSR count). The minimum Gasteiger partial charge on any atom is -0.326 e. The van der Waals surface area contributed by atoms with Crippen LogP contribution in [0.1, 0.15) is 24.0 Å². The summed E-state index contributed by atoms with van der Waals surface area (Å²) in [5.74, 6) is -0.371. The molecule has 2 saturated heterocycles. The van der Waals surface area contributed by atoms with Crippen molar-refractivity contribution in [3.63, 3.8) is 0 Å². The highest BCUT2D eigenvalue weighted by molar-refractivity contribution is 6.09. The van der Waals surface area contributed by atoms with E-state index in [1.54, 1.807) is 0 Å². The summed E-state index contributed by atoms with van der Waals surface area (Å²) in [6, 6.07) is 27.7. The summed E-state index contributed by atoms with van der Waals surface area (Å²) in [6.45, 7) is 1.46. The van der Waals surface area contributed by atoms with E-state index in [-0.39, 0.29) is 24.4 Å². The Bertz CT molecular complexity index is 1150. The number of urea groups is 1. The van der Waals surface area contributed by atoms with Crippen LogP contribution in [0.4, 0.5) is 10.5 Å². The fourth-order valence-corrected chi connectivity index (χ4v) is 4.94.